The fourth-order valence-corrected chi connectivity index (χ4v) is 2.35. The predicted molar refractivity (Wildman–Crippen MR) is 87.7 cm³/mol. The Hall–Kier alpha value is -2.20. The van der Waals surface area contributed by atoms with Crippen molar-refractivity contribution in [2.24, 2.45) is 0 Å². The molecular weight excluding hydrogens is 278 g/mol. The zero-order valence-electron chi connectivity index (χ0n) is 13.4. The van der Waals surface area contributed by atoms with Crippen LogP contribution in [0.2, 0.25) is 0 Å². The Morgan fingerprint density at radius 1 is 0.909 bits per heavy atom. The molecule has 22 heavy (non-hydrogen) atoms. The first-order valence-electron chi connectivity index (χ1n) is 7.29. The van der Waals surface area contributed by atoms with Crippen LogP contribution < -0.4 is 9.47 Å². The predicted octanol–water partition coefficient (Wildman–Crippen LogP) is 3.08. The number of ether oxygens (including phenoxy) is 2. The number of methoxy groups -OCH3 is 2. The Kier molecular flexibility index (Phi) is 5.67. The van der Waals surface area contributed by atoms with Gasteiger partial charge in [0.25, 0.3) is 0 Å². The smallest absolute Gasteiger partial charge is 0.161 e. The van der Waals surface area contributed by atoms with Crippen molar-refractivity contribution < 1.29 is 14.6 Å². The first kappa shape index (κ1) is 16.2. The van der Waals surface area contributed by atoms with Crippen LogP contribution in [0.4, 0.5) is 0 Å². The van der Waals surface area contributed by atoms with Gasteiger partial charge in [-0.15, -0.1) is 0 Å². The van der Waals surface area contributed by atoms with Gasteiger partial charge < -0.3 is 19.5 Å². The lowest BCUT2D eigenvalue weighted by Gasteiger charge is -2.18. The fraction of sp³-hybridized carbons (Fsp3) is 0.333. The van der Waals surface area contributed by atoms with Crippen LogP contribution in [0.1, 0.15) is 11.1 Å². The largest absolute Gasteiger partial charge is 0.508 e. The Labute approximate surface area is 131 Å². The molecule has 0 saturated carbocycles. The molecule has 0 fully saturated rings. The summed E-state index contributed by atoms with van der Waals surface area (Å²) in [6.07, 6.45) is 0.948. The van der Waals surface area contributed by atoms with Gasteiger partial charge in [0.2, 0.25) is 0 Å². The van der Waals surface area contributed by atoms with Crippen LogP contribution in [0, 0.1) is 0 Å². The Balaban J connectivity index is 1.91. The number of hydrogen-bond acceptors (Lipinski definition) is 4. The van der Waals surface area contributed by atoms with E-state index in [-0.39, 0.29) is 0 Å². The summed E-state index contributed by atoms with van der Waals surface area (Å²) >= 11 is 0. The van der Waals surface area contributed by atoms with E-state index in [4.69, 9.17) is 9.47 Å². The maximum absolute atomic E-state index is 9.29. The number of rotatable bonds is 7. The number of hydrogen-bond donors (Lipinski definition) is 1. The molecule has 0 aliphatic carbocycles. The molecule has 118 valence electrons. The van der Waals surface area contributed by atoms with Crippen molar-refractivity contribution in [1.29, 1.82) is 0 Å². The van der Waals surface area contributed by atoms with Crippen molar-refractivity contribution in [3.05, 3.63) is 53.6 Å². The van der Waals surface area contributed by atoms with E-state index in [0.29, 0.717) is 5.75 Å². The number of aromatic hydroxyl groups is 1. The second-order valence-electron chi connectivity index (χ2n) is 5.34. The van der Waals surface area contributed by atoms with Gasteiger partial charge in [0.1, 0.15) is 5.75 Å². The summed E-state index contributed by atoms with van der Waals surface area (Å²) in [6.45, 7) is 1.79. The standard InChI is InChI=1S/C18H23NO3/c1-19(11-10-14-4-7-16(20)8-5-14)13-15-6-9-17(21-2)18(12-15)22-3/h4-9,12,20H,10-11,13H2,1-3H3. The van der Waals surface area contributed by atoms with Crippen LogP contribution in [0.5, 0.6) is 17.2 Å². The molecule has 0 aliphatic heterocycles. The van der Waals surface area contributed by atoms with Crippen LogP contribution in [-0.4, -0.2) is 37.8 Å². The average Bonchev–Trinajstić information content (AvgIpc) is 2.54. The molecule has 0 aliphatic rings. The molecule has 1 N–H and O–H groups in total. The lowest BCUT2D eigenvalue weighted by atomic mass is 10.1. The maximum Gasteiger partial charge on any atom is 0.161 e. The van der Waals surface area contributed by atoms with E-state index in [1.807, 2.05) is 24.3 Å². The fourth-order valence-electron chi connectivity index (χ4n) is 2.35. The van der Waals surface area contributed by atoms with Crippen molar-refractivity contribution in [1.82, 2.24) is 4.90 Å². The SMILES string of the molecule is COc1ccc(CN(C)CCc2ccc(O)cc2)cc1OC. The normalized spacial score (nSPS) is 10.7. The summed E-state index contributed by atoms with van der Waals surface area (Å²) in [5.41, 5.74) is 2.41. The molecule has 0 heterocycles. The zero-order valence-corrected chi connectivity index (χ0v) is 13.4. The molecule has 0 aromatic heterocycles. The van der Waals surface area contributed by atoms with Gasteiger partial charge in [0.05, 0.1) is 14.2 Å². The van der Waals surface area contributed by atoms with Crippen LogP contribution in [0.3, 0.4) is 0 Å². The number of phenolic OH excluding ortho intramolecular Hbond substituents is 1. The summed E-state index contributed by atoms with van der Waals surface area (Å²) in [7, 11) is 5.38. The van der Waals surface area contributed by atoms with Gasteiger partial charge >= 0.3 is 0 Å². The van der Waals surface area contributed by atoms with E-state index in [0.717, 1.165) is 31.0 Å². The highest BCUT2D eigenvalue weighted by Gasteiger charge is 2.07. The van der Waals surface area contributed by atoms with Gasteiger partial charge in [-0.05, 0) is 48.9 Å². The number of benzene rings is 2. The summed E-state index contributed by atoms with van der Waals surface area (Å²) in [4.78, 5) is 2.26. The Morgan fingerprint density at radius 3 is 2.18 bits per heavy atom. The molecule has 4 nitrogen and oxygen atoms in total. The van der Waals surface area contributed by atoms with Gasteiger partial charge in [-0.2, -0.15) is 0 Å². The minimum Gasteiger partial charge on any atom is -0.508 e. The molecule has 0 atom stereocenters. The molecule has 0 radical (unpaired) electrons. The monoisotopic (exact) mass is 301 g/mol. The summed E-state index contributed by atoms with van der Waals surface area (Å²) in [5, 5.41) is 9.29. The number of likely N-dealkylation sites (N-methyl/N-ethyl adjacent to an activating group) is 1. The van der Waals surface area contributed by atoms with Crippen LogP contribution in [0.25, 0.3) is 0 Å². The van der Waals surface area contributed by atoms with E-state index >= 15 is 0 Å². The van der Waals surface area contributed by atoms with Gasteiger partial charge in [0.15, 0.2) is 11.5 Å². The average molecular weight is 301 g/mol. The first-order valence-corrected chi connectivity index (χ1v) is 7.29. The second-order valence-corrected chi connectivity index (χ2v) is 5.34. The van der Waals surface area contributed by atoms with Crippen LogP contribution >= 0.6 is 0 Å². The Bertz CT molecular complexity index is 596. The van der Waals surface area contributed by atoms with Crippen molar-refractivity contribution in [3.63, 3.8) is 0 Å². The van der Waals surface area contributed by atoms with Crippen LogP contribution in [-0.2, 0) is 13.0 Å². The summed E-state index contributed by atoms with van der Waals surface area (Å²) < 4.78 is 10.6. The molecule has 0 unspecified atom stereocenters. The topological polar surface area (TPSA) is 41.9 Å². The van der Waals surface area contributed by atoms with Crippen molar-refractivity contribution in [3.8, 4) is 17.2 Å². The zero-order chi connectivity index (χ0) is 15.9. The van der Waals surface area contributed by atoms with E-state index < -0.39 is 0 Å². The van der Waals surface area contributed by atoms with E-state index in [9.17, 15) is 5.11 Å². The molecule has 0 saturated heterocycles. The highest BCUT2D eigenvalue weighted by atomic mass is 16.5. The molecule has 2 aromatic carbocycles. The number of phenols is 1. The van der Waals surface area contributed by atoms with Crippen molar-refractivity contribution in [2.45, 2.75) is 13.0 Å². The minimum atomic E-state index is 0.308. The highest BCUT2D eigenvalue weighted by molar-refractivity contribution is 5.42. The molecule has 0 spiro atoms. The molecule has 2 aromatic rings. The van der Waals surface area contributed by atoms with E-state index in [1.54, 1.807) is 26.4 Å². The minimum absolute atomic E-state index is 0.308. The van der Waals surface area contributed by atoms with Gasteiger partial charge in [0, 0.05) is 13.1 Å². The van der Waals surface area contributed by atoms with Crippen LogP contribution in [0.15, 0.2) is 42.5 Å². The lowest BCUT2D eigenvalue weighted by molar-refractivity contribution is 0.327. The molecular formula is C18H23NO3. The van der Waals surface area contributed by atoms with Gasteiger partial charge in [-0.25, -0.2) is 0 Å². The summed E-state index contributed by atoms with van der Waals surface area (Å²) in [6, 6.07) is 13.4. The molecule has 2 rings (SSSR count). The Morgan fingerprint density at radius 2 is 1.55 bits per heavy atom. The van der Waals surface area contributed by atoms with E-state index in [2.05, 4.69) is 18.0 Å². The second kappa shape index (κ2) is 7.71. The highest BCUT2D eigenvalue weighted by Crippen LogP contribution is 2.27. The number of nitrogens with zero attached hydrogens (tertiary/aromatic N) is 1. The van der Waals surface area contributed by atoms with Crippen molar-refractivity contribution in [2.75, 3.05) is 27.8 Å². The van der Waals surface area contributed by atoms with Gasteiger partial charge in [-0.3, -0.25) is 0 Å². The molecule has 4 heteroatoms. The molecule has 0 bridgehead atoms. The third kappa shape index (κ3) is 4.40. The third-order valence-corrected chi connectivity index (χ3v) is 3.62. The van der Waals surface area contributed by atoms with Gasteiger partial charge in [-0.1, -0.05) is 18.2 Å². The summed E-state index contributed by atoms with van der Waals surface area (Å²) in [5.74, 6) is 1.81. The van der Waals surface area contributed by atoms with Crippen molar-refractivity contribution >= 4 is 0 Å². The molecule has 0 amide bonds. The maximum atomic E-state index is 9.29. The van der Waals surface area contributed by atoms with E-state index in [1.165, 1.54) is 11.1 Å². The lowest BCUT2D eigenvalue weighted by Crippen LogP contribution is -2.20. The first-order chi connectivity index (χ1) is 10.6. The quantitative estimate of drug-likeness (QED) is 0.853. The third-order valence-electron chi connectivity index (χ3n) is 3.62.